The van der Waals surface area contributed by atoms with Crippen LogP contribution in [0.25, 0.3) is 0 Å². The zero-order valence-electron chi connectivity index (χ0n) is 14.9. The van der Waals surface area contributed by atoms with E-state index in [9.17, 15) is 4.79 Å². The van der Waals surface area contributed by atoms with Crippen LogP contribution in [-0.2, 0) is 9.53 Å². The summed E-state index contributed by atoms with van der Waals surface area (Å²) < 4.78 is 6.03. The molecular weight excluding hydrogens is 260 g/mol. The predicted octanol–water partition coefficient (Wildman–Crippen LogP) is 4.98. The highest BCUT2D eigenvalue weighted by Gasteiger charge is 2.63. The van der Waals surface area contributed by atoms with E-state index in [1.165, 1.54) is 12.8 Å². The third-order valence-corrected chi connectivity index (χ3v) is 6.57. The van der Waals surface area contributed by atoms with E-state index in [4.69, 9.17) is 4.74 Å². The molecule has 0 aromatic carbocycles. The van der Waals surface area contributed by atoms with Gasteiger partial charge in [-0.3, -0.25) is 4.79 Å². The maximum Gasteiger partial charge on any atom is 0.313 e. The molecule has 2 aliphatic carbocycles. The van der Waals surface area contributed by atoms with E-state index in [1.54, 1.807) is 0 Å². The van der Waals surface area contributed by atoms with Crippen LogP contribution in [0.4, 0.5) is 0 Å². The quantitative estimate of drug-likeness (QED) is 0.541. The Morgan fingerprint density at radius 1 is 1.29 bits per heavy atom. The standard InChI is InChI=1S/C19H32O2/c1-12(2)15(17(3,4)5)16(20)21-14-11-13-9-10-19(14,8)18(13,6)7/h13-15H,1,9-11H2,2-8H3. The van der Waals surface area contributed by atoms with E-state index in [-0.39, 0.29) is 34.2 Å². The summed E-state index contributed by atoms with van der Waals surface area (Å²) >= 11 is 0. The molecule has 2 fully saturated rings. The van der Waals surface area contributed by atoms with Crippen molar-refractivity contribution in [3.8, 4) is 0 Å². The number of ether oxygens (including phenoxy) is 1. The van der Waals surface area contributed by atoms with E-state index in [1.807, 2.05) is 6.92 Å². The molecule has 2 aliphatic rings. The Hall–Kier alpha value is -0.790. The molecule has 4 unspecified atom stereocenters. The molecule has 2 rings (SSSR count). The Bertz CT molecular complexity index is 455. The monoisotopic (exact) mass is 292 g/mol. The normalized spacial score (nSPS) is 35.6. The van der Waals surface area contributed by atoms with E-state index in [2.05, 4.69) is 48.1 Å². The summed E-state index contributed by atoms with van der Waals surface area (Å²) in [5.74, 6) is 0.395. The summed E-state index contributed by atoms with van der Waals surface area (Å²) in [5, 5.41) is 0. The third kappa shape index (κ3) is 2.45. The largest absolute Gasteiger partial charge is 0.461 e. The van der Waals surface area contributed by atoms with Crippen LogP contribution < -0.4 is 0 Å². The lowest BCUT2D eigenvalue weighted by Crippen LogP contribution is -2.41. The molecule has 2 saturated carbocycles. The Labute approximate surface area is 130 Å². The molecule has 2 heteroatoms. The Morgan fingerprint density at radius 2 is 1.86 bits per heavy atom. The van der Waals surface area contributed by atoms with Gasteiger partial charge < -0.3 is 4.74 Å². The fourth-order valence-electron chi connectivity index (χ4n) is 4.81. The number of esters is 1. The number of rotatable bonds is 3. The van der Waals surface area contributed by atoms with E-state index in [0.717, 1.165) is 12.0 Å². The first-order valence-corrected chi connectivity index (χ1v) is 8.27. The van der Waals surface area contributed by atoms with Crippen LogP contribution in [0.15, 0.2) is 12.2 Å². The molecule has 0 aliphatic heterocycles. The van der Waals surface area contributed by atoms with Crippen molar-refractivity contribution in [3.05, 3.63) is 12.2 Å². The van der Waals surface area contributed by atoms with Crippen LogP contribution in [0.5, 0.6) is 0 Å². The zero-order valence-corrected chi connectivity index (χ0v) is 14.9. The highest BCUT2D eigenvalue weighted by molar-refractivity contribution is 5.76. The minimum absolute atomic E-state index is 0.0722. The first kappa shape index (κ1) is 16.6. The molecule has 0 aromatic heterocycles. The molecule has 0 heterocycles. The van der Waals surface area contributed by atoms with Crippen LogP contribution in [-0.4, -0.2) is 12.1 Å². The molecule has 0 aromatic rings. The third-order valence-electron chi connectivity index (χ3n) is 6.57. The summed E-state index contributed by atoms with van der Waals surface area (Å²) in [7, 11) is 0. The van der Waals surface area contributed by atoms with Gasteiger partial charge in [-0.15, -0.1) is 0 Å². The van der Waals surface area contributed by atoms with Gasteiger partial charge in [-0.2, -0.15) is 0 Å². The minimum atomic E-state index is -0.219. The lowest BCUT2D eigenvalue weighted by atomic mass is 9.70. The summed E-state index contributed by atoms with van der Waals surface area (Å²) in [5.41, 5.74) is 1.17. The van der Waals surface area contributed by atoms with Crippen molar-refractivity contribution in [3.63, 3.8) is 0 Å². The van der Waals surface area contributed by atoms with Gasteiger partial charge in [-0.25, -0.2) is 0 Å². The molecule has 4 atom stereocenters. The van der Waals surface area contributed by atoms with E-state index >= 15 is 0 Å². The molecule has 2 bridgehead atoms. The van der Waals surface area contributed by atoms with Gasteiger partial charge in [-0.1, -0.05) is 53.7 Å². The fraction of sp³-hybridized carbons (Fsp3) is 0.842. The SMILES string of the molecule is C=C(C)C(C(=O)OC1CC2CCC1(C)C2(C)C)C(C)(C)C. The van der Waals surface area contributed by atoms with Gasteiger partial charge in [0.15, 0.2) is 0 Å². The maximum absolute atomic E-state index is 12.7. The molecule has 0 N–H and O–H groups in total. The van der Waals surface area contributed by atoms with Crippen molar-refractivity contribution in [1.29, 1.82) is 0 Å². The lowest BCUT2D eigenvalue weighted by molar-refractivity contribution is -0.163. The number of carbonyl (C=O) groups is 1. The van der Waals surface area contributed by atoms with Gasteiger partial charge in [-0.05, 0) is 42.9 Å². The summed E-state index contributed by atoms with van der Waals surface area (Å²) in [6, 6.07) is 0. The molecule has 0 spiro atoms. The van der Waals surface area contributed by atoms with Crippen molar-refractivity contribution >= 4 is 5.97 Å². The van der Waals surface area contributed by atoms with Gasteiger partial charge >= 0.3 is 5.97 Å². The molecular formula is C19H32O2. The predicted molar refractivity (Wildman–Crippen MR) is 86.9 cm³/mol. The number of hydrogen-bond donors (Lipinski definition) is 0. The second-order valence-corrected chi connectivity index (χ2v) is 9.18. The van der Waals surface area contributed by atoms with Gasteiger partial charge in [0.25, 0.3) is 0 Å². The number of fused-ring (bicyclic) bond motifs is 2. The molecule has 21 heavy (non-hydrogen) atoms. The lowest BCUT2D eigenvalue weighted by Gasteiger charge is -2.39. The second-order valence-electron chi connectivity index (χ2n) is 9.18. The first-order chi connectivity index (χ1) is 9.41. The second kappa shape index (κ2) is 4.86. The topological polar surface area (TPSA) is 26.3 Å². The average molecular weight is 292 g/mol. The van der Waals surface area contributed by atoms with Crippen LogP contribution in [0, 0.1) is 28.1 Å². The average Bonchev–Trinajstić information content (AvgIpc) is 2.59. The van der Waals surface area contributed by atoms with Crippen molar-refractivity contribution in [2.75, 3.05) is 0 Å². The Balaban J connectivity index is 2.16. The van der Waals surface area contributed by atoms with Crippen LogP contribution >= 0.6 is 0 Å². The van der Waals surface area contributed by atoms with Gasteiger partial charge in [0.2, 0.25) is 0 Å². The summed E-state index contributed by atoms with van der Waals surface area (Å²) in [6.07, 6.45) is 3.56. The van der Waals surface area contributed by atoms with Crippen LogP contribution in [0.1, 0.15) is 67.7 Å². The van der Waals surface area contributed by atoms with Crippen molar-refractivity contribution < 1.29 is 9.53 Å². The van der Waals surface area contributed by atoms with Crippen molar-refractivity contribution in [2.45, 2.75) is 73.8 Å². The molecule has 0 amide bonds. The smallest absolute Gasteiger partial charge is 0.313 e. The maximum atomic E-state index is 12.7. The van der Waals surface area contributed by atoms with E-state index in [0.29, 0.717) is 5.92 Å². The Kier molecular flexibility index (Phi) is 3.84. The highest BCUT2D eigenvalue weighted by Crippen LogP contribution is 2.66. The van der Waals surface area contributed by atoms with Crippen molar-refractivity contribution in [1.82, 2.24) is 0 Å². The van der Waals surface area contributed by atoms with Crippen molar-refractivity contribution in [2.24, 2.45) is 28.1 Å². The molecule has 120 valence electrons. The molecule has 2 nitrogen and oxygen atoms in total. The Morgan fingerprint density at radius 3 is 2.19 bits per heavy atom. The van der Waals surface area contributed by atoms with Crippen LogP contribution in [0.3, 0.4) is 0 Å². The zero-order chi connectivity index (χ0) is 16.2. The number of hydrogen-bond acceptors (Lipinski definition) is 2. The van der Waals surface area contributed by atoms with Gasteiger partial charge in [0, 0.05) is 5.41 Å². The number of carbonyl (C=O) groups excluding carboxylic acids is 1. The fourth-order valence-corrected chi connectivity index (χ4v) is 4.81. The molecule has 0 radical (unpaired) electrons. The van der Waals surface area contributed by atoms with Crippen LogP contribution in [0.2, 0.25) is 0 Å². The van der Waals surface area contributed by atoms with Gasteiger partial charge in [0.05, 0.1) is 5.92 Å². The first-order valence-electron chi connectivity index (χ1n) is 8.27. The minimum Gasteiger partial charge on any atom is -0.461 e. The molecule has 0 saturated heterocycles. The highest BCUT2D eigenvalue weighted by atomic mass is 16.5. The summed E-state index contributed by atoms with van der Waals surface area (Å²) in [6.45, 7) is 19.2. The van der Waals surface area contributed by atoms with E-state index < -0.39 is 0 Å². The summed E-state index contributed by atoms with van der Waals surface area (Å²) in [4.78, 5) is 12.7. The van der Waals surface area contributed by atoms with Gasteiger partial charge in [0.1, 0.15) is 6.10 Å².